The van der Waals surface area contributed by atoms with Gasteiger partial charge in [-0.3, -0.25) is 0 Å². The highest BCUT2D eigenvalue weighted by Crippen LogP contribution is 2.25. The third-order valence-electron chi connectivity index (χ3n) is 3.11. The molecule has 3 rings (SSSR count). The van der Waals surface area contributed by atoms with Crippen LogP contribution in [0.4, 0.5) is 0 Å². The van der Waals surface area contributed by atoms with Gasteiger partial charge in [-0.15, -0.1) is 16.9 Å². The van der Waals surface area contributed by atoms with Crippen molar-refractivity contribution in [2.24, 2.45) is 10.2 Å². The largest absolute Gasteiger partial charge is 0.512 e. The van der Waals surface area contributed by atoms with Crippen LogP contribution < -0.4 is 0 Å². The molecule has 2 aromatic rings. The first-order valence-corrected chi connectivity index (χ1v) is 7.33. The van der Waals surface area contributed by atoms with Crippen LogP contribution in [0.25, 0.3) is 10.8 Å². The van der Waals surface area contributed by atoms with E-state index in [0.717, 1.165) is 16.3 Å². The Morgan fingerprint density at radius 2 is 1.95 bits per heavy atom. The summed E-state index contributed by atoms with van der Waals surface area (Å²) < 4.78 is 0. The Morgan fingerprint density at radius 1 is 1.15 bits per heavy atom. The van der Waals surface area contributed by atoms with E-state index in [2.05, 4.69) is 41.0 Å². The van der Waals surface area contributed by atoms with E-state index in [1.165, 1.54) is 22.5 Å². The lowest BCUT2D eigenvalue weighted by Crippen LogP contribution is -2.03. The maximum Gasteiger partial charge on any atom is 0.102 e. The third-order valence-corrected chi connectivity index (χ3v) is 4.14. The predicted molar refractivity (Wildman–Crippen MR) is 86.8 cm³/mol. The molecule has 2 aromatic carbocycles. The number of rotatable bonds is 3. The molecule has 0 spiro atoms. The van der Waals surface area contributed by atoms with Crippen LogP contribution >= 0.6 is 11.8 Å². The van der Waals surface area contributed by atoms with Crippen LogP contribution in [-0.2, 0) is 0 Å². The first kappa shape index (κ1) is 12.9. The second kappa shape index (κ2) is 5.51. The molecule has 4 heteroatoms. The van der Waals surface area contributed by atoms with Crippen molar-refractivity contribution in [1.29, 1.82) is 0 Å². The van der Waals surface area contributed by atoms with Crippen LogP contribution in [0.1, 0.15) is 12.0 Å². The Morgan fingerprint density at radius 3 is 2.80 bits per heavy atom. The van der Waals surface area contributed by atoms with Crippen molar-refractivity contribution < 1.29 is 5.11 Å². The number of nitrogens with zero attached hydrogens (tertiary/aromatic N) is 2. The number of hydrogen-bond acceptors (Lipinski definition) is 4. The molecule has 1 aliphatic heterocycles. The molecular formula is C16H14N2OS. The van der Waals surface area contributed by atoms with Gasteiger partial charge in [-0.25, -0.2) is 0 Å². The van der Waals surface area contributed by atoms with E-state index in [4.69, 9.17) is 5.11 Å². The fourth-order valence-electron chi connectivity index (χ4n) is 2.20. The van der Waals surface area contributed by atoms with E-state index in [0.29, 0.717) is 12.2 Å². The summed E-state index contributed by atoms with van der Waals surface area (Å²) in [7, 11) is 0. The van der Waals surface area contributed by atoms with Crippen LogP contribution in [0.15, 0.2) is 65.0 Å². The normalized spacial score (nSPS) is 14.2. The Labute approximate surface area is 121 Å². The number of thioether (sulfide) groups is 1. The van der Waals surface area contributed by atoms with Crippen LogP contribution in [0.3, 0.4) is 0 Å². The van der Waals surface area contributed by atoms with Crippen LogP contribution in [0.5, 0.6) is 0 Å². The van der Waals surface area contributed by atoms with Gasteiger partial charge in [0.25, 0.3) is 0 Å². The van der Waals surface area contributed by atoms with Crippen molar-refractivity contribution in [2.75, 3.05) is 5.75 Å². The van der Waals surface area contributed by atoms with Crippen molar-refractivity contribution in [1.82, 2.24) is 0 Å². The molecule has 0 fully saturated rings. The van der Waals surface area contributed by atoms with E-state index < -0.39 is 0 Å². The van der Waals surface area contributed by atoms with E-state index >= 15 is 0 Å². The first-order valence-electron chi connectivity index (χ1n) is 6.35. The average molecular weight is 282 g/mol. The summed E-state index contributed by atoms with van der Waals surface area (Å²) in [5.74, 6) is 0.633. The van der Waals surface area contributed by atoms with Gasteiger partial charge in [0.15, 0.2) is 0 Å². The van der Waals surface area contributed by atoms with Crippen molar-refractivity contribution in [3.8, 4) is 0 Å². The van der Waals surface area contributed by atoms with Crippen molar-refractivity contribution in [3.63, 3.8) is 0 Å². The monoisotopic (exact) mass is 282 g/mol. The van der Waals surface area contributed by atoms with Crippen LogP contribution in [-0.4, -0.2) is 21.6 Å². The maximum absolute atomic E-state index is 9.13. The summed E-state index contributed by atoms with van der Waals surface area (Å²) in [6, 6.07) is 14.5. The van der Waals surface area contributed by atoms with E-state index in [1.54, 1.807) is 0 Å². The molecule has 0 aromatic heterocycles. The second-order valence-electron chi connectivity index (χ2n) is 4.60. The molecule has 100 valence electrons. The Hall–Kier alpha value is -2.07. The van der Waals surface area contributed by atoms with Crippen LogP contribution in [0, 0.1) is 0 Å². The highest BCUT2D eigenvalue weighted by molar-refractivity contribution is 8.14. The fourth-order valence-corrected chi connectivity index (χ4v) is 2.87. The summed E-state index contributed by atoms with van der Waals surface area (Å²) in [6.07, 6.45) is 0.714. The minimum absolute atomic E-state index is 0.163. The lowest BCUT2D eigenvalue weighted by Gasteiger charge is -2.06. The van der Waals surface area contributed by atoms with E-state index in [9.17, 15) is 0 Å². The molecule has 0 atom stereocenters. The van der Waals surface area contributed by atoms with Gasteiger partial charge in [-0.2, -0.15) is 5.10 Å². The van der Waals surface area contributed by atoms with Gasteiger partial charge < -0.3 is 5.11 Å². The SMILES string of the molecule is C=C(O)CSC1=NN=C(c2cccc3ccccc23)C1. The minimum atomic E-state index is 0.163. The van der Waals surface area contributed by atoms with Crippen molar-refractivity contribution >= 4 is 33.3 Å². The van der Waals surface area contributed by atoms with Gasteiger partial charge in [0, 0.05) is 12.0 Å². The summed E-state index contributed by atoms with van der Waals surface area (Å²) in [4.78, 5) is 0. The Bertz CT molecular complexity index is 729. The second-order valence-corrected chi connectivity index (χ2v) is 5.65. The highest BCUT2D eigenvalue weighted by atomic mass is 32.2. The van der Waals surface area contributed by atoms with Gasteiger partial charge in [-0.1, -0.05) is 49.0 Å². The standard InChI is InChI=1S/C16H14N2OS/c1-11(19)10-20-16-9-15(17-18-16)14-8-4-6-12-5-2-3-7-13(12)14/h2-8,19H,1,9-10H2. The average Bonchev–Trinajstić information content (AvgIpc) is 2.93. The lowest BCUT2D eigenvalue weighted by molar-refractivity contribution is 0.420. The van der Waals surface area contributed by atoms with Gasteiger partial charge in [0.2, 0.25) is 0 Å². The molecule has 0 aliphatic carbocycles. The topological polar surface area (TPSA) is 45.0 Å². The Balaban J connectivity index is 1.83. The van der Waals surface area contributed by atoms with Gasteiger partial charge in [0.1, 0.15) is 5.04 Å². The molecule has 0 radical (unpaired) electrons. The molecule has 1 heterocycles. The first-order chi connectivity index (χ1) is 9.74. The summed E-state index contributed by atoms with van der Waals surface area (Å²) in [5, 5.41) is 20.9. The summed E-state index contributed by atoms with van der Waals surface area (Å²) in [6.45, 7) is 3.48. The third kappa shape index (κ3) is 2.60. The highest BCUT2D eigenvalue weighted by Gasteiger charge is 2.16. The fraction of sp³-hybridized carbons (Fsp3) is 0.125. The van der Waals surface area contributed by atoms with Crippen molar-refractivity contribution in [2.45, 2.75) is 6.42 Å². The lowest BCUT2D eigenvalue weighted by atomic mass is 10.00. The number of aliphatic hydroxyl groups excluding tert-OH is 1. The number of hydrogen-bond donors (Lipinski definition) is 1. The zero-order valence-electron chi connectivity index (χ0n) is 10.9. The molecular weight excluding hydrogens is 268 g/mol. The predicted octanol–water partition coefficient (Wildman–Crippen LogP) is 4.15. The molecule has 20 heavy (non-hydrogen) atoms. The molecule has 0 unspecified atom stereocenters. The summed E-state index contributed by atoms with van der Waals surface area (Å²) >= 11 is 1.48. The molecule has 1 N–H and O–H groups in total. The number of fused-ring (bicyclic) bond motifs is 1. The van der Waals surface area contributed by atoms with Gasteiger partial charge >= 0.3 is 0 Å². The zero-order valence-corrected chi connectivity index (χ0v) is 11.7. The molecule has 0 amide bonds. The molecule has 0 saturated carbocycles. The molecule has 0 bridgehead atoms. The minimum Gasteiger partial charge on any atom is -0.512 e. The Kier molecular flexibility index (Phi) is 3.56. The molecule has 0 saturated heterocycles. The molecule has 1 aliphatic rings. The quantitative estimate of drug-likeness (QED) is 0.859. The molecule has 3 nitrogen and oxygen atoms in total. The maximum atomic E-state index is 9.13. The van der Waals surface area contributed by atoms with Gasteiger partial charge in [-0.05, 0) is 10.8 Å². The van der Waals surface area contributed by atoms with E-state index in [-0.39, 0.29) is 5.76 Å². The smallest absolute Gasteiger partial charge is 0.102 e. The van der Waals surface area contributed by atoms with Crippen molar-refractivity contribution in [3.05, 3.63) is 60.4 Å². The number of aliphatic hydroxyl groups is 1. The van der Waals surface area contributed by atoms with Gasteiger partial charge in [0.05, 0.1) is 17.2 Å². The zero-order chi connectivity index (χ0) is 13.9. The van der Waals surface area contributed by atoms with Crippen LogP contribution in [0.2, 0.25) is 0 Å². The van der Waals surface area contributed by atoms with E-state index in [1.807, 2.05) is 18.2 Å². The summed E-state index contributed by atoms with van der Waals surface area (Å²) in [5.41, 5.74) is 2.11. The number of benzene rings is 2.